The summed E-state index contributed by atoms with van der Waals surface area (Å²) in [5.41, 5.74) is 7.17. The zero-order valence-corrected chi connectivity index (χ0v) is 9.11. The molecule has 0 amide bonds. The molecule has 0 aromatic carbocycles. The molecule has 0 radical (unpaired) electrons. The fourth-order valence-electron chi connectivity index (χ4n) is 2.22. The molecule has 15 heavy (non-hydrogen) atoms. The molecule has 3 nitrogen and oxygen atoms in total. The van der Waals surface area contributed by atoms with Gasteiger partial charge in [0.05, 0.1) is 5.60 Å². The molecule has 1 aromatic heterocycles. The Morgan fingerprint density at radius 1 is 1.40 bits per heavy atom. The van der Waals surface area contributed by atoms with E-state index in [1.165, 1.54) is 0 Å². The SMILES string of the molecule is Cc1cncc(C2(O)CCC(N)CC2)c1. The Labute approximate surface area is 90.3 Å². The molecule has 3 heteroatoms. The maximum absolute atomic E-state index is 10.5. The summed E-state index contributed by atoms with van der Waals surface area (Å²) in [6, 6.07) is 2.27. The van der Waals surface area contributed by atoms with Crippen LogP contribution in [0.5, 0.6) is 0 Å². The van der Waals surface area contributed by atoms with E-state index >= 15 is 0 Å². The molecule has 0 spiro atoms. The Kier molecular flexibility index (Phi) is 2.76. The Hall–Kier alpha value is -0.930. The largest absolute Gasteiger partial charge is 0.385 e. The molecule has 1 saturated carbocycles. The van der Waals surface area contributed by atoms with Crippen molar-refractivity contribution in [1.29, 1.82) is 0 Å². The zero-order chi connectivity index (χ0) is 10.9. The van der Waals surface area contributed by atoms with Crippen LogP contribution in [0.1, 0.15) is 36.8 Å². The van der Waals surface area contributed by atoms with E-state index in [1.807, 2.05) is 13.0 Å². The highest BCUT2D eigenvalue weighted by molar-refractivity contribution is 5.23. The summed E-state index contributed by atoms with van der Waals surface area (Å²) in [6.45, 7) is 1.99. The Morgan fingerprint density at radius 3 is 2.67 bits per heavy atom. The number of hydrogen-bond donors (Lipinski definition) is 2. The number of hydrogen-bond acceptors (Lipinski definition) is 3. The van der Waals surface area contributed by atoms with Crippen molar-refractivity contribution in [3.63, 3.8) is 0 Å². The molecule has 0 atom stereocenters. The van der Waals surface area contributed by atoms with Crippen LogP contribution in [0, 0.1) is 6.92 Å². The van der Waals surface area contributed by atoms with Gasteiger partial charge in [-0.1, -0.05) is 6.07 Å². The number of aliphatic hydroxyl groups is 1. The van der Waals surface area contributed by atoms with Crippen molar-refractivity contribution in [2.75, 3.05) is 0 Å². The summed E-state index contributed by atoms with van der Waals surface area (Å²) in [5.74, 6) is 0. The van der Waals surface area contributed by atoms with Crippen molar-refractivity contribution in [3.8, 4) is 0 Å². The van der Waals surface area contributed by atoms with Crippen LogP contribution < -0.4 is 5.73 Å². The number of aromatic nitrogens is 1. The Bertz CT molecular complexity index is 343. The molecule has 1 heterocycles. The monoisotopic (exact) mass is 206 g/mol. The van der Waals surface area contributed by atoms with Crippen LogP contribution in [-0.2, 0) is 5.60 Å². The maximum Gasteiger partial charge on any atom is 0.0912 e. The minimum absolute atomic E-state index is 0.253. The summed E-state index contributed by atoms with van der Waals surface area (Å²) < 4.78 is 0. The van der Waals surface area contributed by atoms with Crippen LogP contribution in [0.3, 0.4) is 0 Å². The van der Waals surface area contributed by atoms with Gasteiger partial charge >= 0.3 is 0 Å². The minimum Gasteiger partial charge on any atom is -0.385 e. The van der Waals surface area contributed by atoms with Gasteiger partial charge in [0.2, 0.25) is 0 Å². The number of nitrogens with two attached hydrogens (primary N) is 1. The molecule has 1 aliphatic rings. The van der Waals surface area contributed by atoms with E-state index in [0.29, 0.717) is 0 Å². The highest BCUT2D eigenvalue weighted by atomic mass is 16.3. The van der Waals surface area contributed by atoms with Crippen LogP contribution in [0.2, 0.25) is 0 Å². The lowest BCUT2D eigenvalue weighted by Gasteiger charge is -2.35. The van der Waals surface area contributed by atoms with Crippen LogP contribution in [0.4, 0.5) is 0 Å². The Morgan fingerprint density at radius 2 is 2.07 bits per heavy atom. The van der Waals surface area contributed by atoms with E-state index in [9.17, 15) is 5.11 Å². The summed E-state index contributed by atoms with van der Waals surface area (Å²) in [4.78, 5) is 4.13. The standard InChI is InChI=1S/C12H18N2O/c1-9-6-10(8-14-7-9)12(15)4-2-11(13)3-5-12/h6-8,11,15H,2-5,13H2,1H3. The van der Waals surface area contributed by atoms with Gasteiger partial charge in [0.25, 0.3) is 0 Å². The third-order valence-corrected chi connectivity index (χ3v) is 3.27. The second-order valence-electron chi connectivity index (χ2n) is 4.62. The summed E-state index contributed by atoms with van der Waals surface area (Å²) in [6.07, 6.45) is 6.86. The van der Waals surface area contributed by atoms with E-state index in [-0.39, 0.29) is 6.04 Å². The van der Waals surface area contributed by atoms with E-state index in [1.54, 1.807) is 12.4 Å². The number of aryl methyl sites for hydroxylation is 1. The molecular formula is C12H18N2O. The third kappa shape index (κ3) is 2.19. The molecule has 82 valence electrons. The lowest BCUT2D eigenvalue weighted by molar-refractivity contribution is -0.00530. The first-order chi connectivity index (χ1) is 7.10. The van der Waals surface area contributed by atoms with Gasteiger partial charge in [-0.15, -0.1) is 0 Å². The number of pyridine rings is 1. The summed E-state index contributed by atoms with van der Waals surface area (Å²) in [7, 11) is 0. The van der Waals surface area contributed by atoms with Crippen molar-refractivity contribution >= 4 is 0 Å². The van der Waals surface area contributed by atoms with Gasteiger partial charge in [-0.05, 0) is 38.2 Å². The quantitative estimate of drug-likeness (QED) is 0.731. The molecule has 2 rings (SSSR count). The first kappa shape index (κ1) is 10.6. The fourth-order valence-corrected chi connectivity index (χ4v) is 2.22. The lowest BCUT2D eigenvalue weighted by Crippen LogP contribution is -2.36. The normalized spacial score (nSPS) is 31.5. The van der Waals surface area contributed by atoms with Gasteiger partial charge in [-0.2, -0.15) is 0 Å². The minimum atomic E-state index is -0.700. The van der Waals surface area contributed by atoms with Crippen molar-refractivity contribution < 1.29 is 5.11 Å². The molecule has 0 bridgehead atoms. The highest BCUT2D eigenvalue weighted by Gasteiger charge is 2.33. The van der Waals surface area contributed by atoms with Gasteiger partial charge in [0.15, 0.2) is 0 Å². The molecule has 0 unspecified atom stereocenters. The van der Waals surface area contributed by atoms with Crippen LogP contribution >= 0.6 is 0 Å². The molecule has 3 N–H and O–H groups in total. The predicted octanol–water partition coefficient (Wildman–Crippen LogP) is 1.48. The first-order valence-electron chi connectivity index (χ1n) is 5.50. The van der Waals surface area contributed by atoms with E-state index in [4.69, 9.17) is 5.73 Å². The average molecular weight is 206 g/mol. The second kappa shape index (κ2) is 3.91. The fraction of sp³-hybridized carbons (Fsp3) is 0.583. The maximum atomic E-state index is 10.5. The lowest BCUT2D eigenvalue weighted by atomic mass is 9.78. The molecule has 1 aliphatic carbocycles. The zero-order valence-electron chi connectivity index (χ0n) is 9.11. The van der Waals surface area contributed by atoms with Crippen LogP contribution in [0.15, 0.2) is 18.5 Å². The van der Waals surface area contributed by atoms with E-state index in [2.05, 4.69) is 4.98 Å². The number of nitrogens with zero attached hydrogens (tertiary/aromatic N) is 1. The Balaban J connectivity index is 2.22. The predicted molar refractivity (Wildman–Crippen MR) is 59.3 cm³/mol. The molecular weight excluding hydrogens is 188 g/mol. The first-order valence-corrected chi connectivity index (χ1v) is 5.50. The van der Waals surface area contributed by atoms with Crippen LogP contribution in [0.25, 0.3) is 0 Å². The van der Waals surface area contributed by atoms with Gasteiger partial charge in [-0.25, -0.2) is 0 Å². The topological polar surface area (TPSA) is 59.1 Å². The summed E-state index contributed by atoms with van der Waals surface area (Å²) >= 11 is 0. The van der Waals surface area contributed by atoms with E-state index < -0.39 is 5.60 Å². The van der Waals surface area contributed by atoms with Crippen molar-refractivity contribution in [2.45, 2.75) is 44.2 Å². The highest BCUT2D eigenvalue weighted by Crippen LogP contribution is 2.36. The van der Waals surface area contributed by atoms with Crippen LogP contribution in [-0.4, -0.2) is 16.1 Å². The number of rotatable bonds is 1. The van der Waals surface area contributed by atoms with Crippen molar-refractivity contribution in [2.24, 2.45) is 5.73 Å². The van der Waals surface area contributed by atoms with Gasteiger partial charge in [-0.3, -0.25) is 4.98 Å². The second-order valence-corrected chi connectivity index (χ2v) is 4.62. The van der Waals surface area contributed by atoms with E-state index in [0.717, 1.165) is 36.8 Å². The molecule has 0 aliphatic heterocycles. The molecule has 1 fully saturated rings. The summed E-state index contributed by atoms with van der Waals surface area (Å²) in [5, 5.41) is 10.5. The van der Waals surface area contributed by atoms with Gasteiger partial charge < -0.3 is 10.8 Å². The smallest absolute Gasteiger partial charge is 0.0912 e. The molecule has 0 saturated heterocycles. The van der Waals surface area contributed by atoms with Gasteiger partial charge in [0.1, 0.15) is 0 Å². The van der Waals surface area contributed by atoms with Crippen molar-refractivity contribution in [3.05, 3.63) is 29.6 Å². The van der Waals surface area contributed by atoms with Gasteiger partial charge in [0, 0.05) is 24.0 Å². The average Bonchev–Trinajstić information content (AvgIpc) is 2.23. The third-order valence-electron chi connectivity index (χ3n) is 3.27. The van der Waals surface area contributed by atoms with Crippen molar-refractivity contribution in [1.82, 2.24) is 4.98 Å². The molecule has 1 aromatic rings.